The maximum Gasteiger partial charge on any atom is 0.345 e. The van der Waals surface area contributed by atoms with Gasteiger partial charge in [0.05, 0.1) is 12.1 Å². The molecule has 3 aromatic rings. The van der Waals surface area contributed by atoms with Crippen LogP contribution in [0.4, 0.5) is 11.5 Å². The molecule has 0 saturated heterocycles. The monoisotopic (exact) mass is 421 g/mol. The van der Waals surface area contributed by atoms with Crippen LogP contribution in [-0.4, -0.2) is 32.5 Å². The van der Waals surface area contributed by atoms with E-state index in [1.54, 1.807) is 11.0 Å². The second-order valence-corrected chi connectivity index (χ2v) is 8.50. The van der Waals surface area contributed by atoms with E-state index in [4.69, 9.17) is 4.52 Å². The van der Waals surface area contributed by atoms with Crippen molar-refractivity contribution in [2.45, 2.75) is 47.1 Å². The van der Waals surface area contributed by atoms with Crippen molar-refractivity contribution in [1.82, 2.24) is 20.0 Å². The fourth-order valence-electron chi connectivity index (χ4n) is 3.94. The van der Waals surface area contributed by atoms with Crippen LogP contribution in [0.25, 0.3) is 0 Å². The van der Waals surface area contributed by atoms with E-state index < -0.39 is 5.69 Å². The summed E-state index contributed by atoms with van der Waals surface area (Å²) >= 11 is 0. The maximum atomic E-state index is 13.1. The largest absolute Gasteiger partial charge is 0.359 e. The van der Waals surface area contributed by atoms with Crippen molar-refractivity contribution in [2.75, 3.05) is 11.9 Å². The average molecular weight is 422 g/mol. The molecule has 1 amide bonds. The Bertz CT molecular complexity index is 1160. The molecule has 0 unspecified atom stereocenters. The molecule has 2 aromatic heterocycles. The van der Waals surface area contributed by atoms with Crippen molar-refractivity contribution < 1.29 is 9.32 Å². The summed E-state index contributed by atoms with van der Waals surface area (Å²) in [6.45, 7) is 9.01. The Hall–Kier alpha value is -3.42. The molecule has 31 heavy (non-hydrogen) atoms. The Kier molecular flexibility index (Phi) is 5.63. The van der Waals surface area contributed by atoms with E-state index in [2.05, 4.69) is 34.3 Å². The van der Waals surface area contributed by atoms with E-state index in [0.29, 0.717) is 37.7 Å². The second kappa shape index (κ2) is 8.37. The number of hydrogen-bond acceptors (Lipinski definition) is 6. The SMILES string of the molecule is Cc1cccc(C)c1Nc1noc2c1CN(C(=O)c1cc(CC(C)C)[nH]c(=O)n1)CC2. The number of fused-ring (bicyclic) bond motifs is 1. The molecule has 2 N–H and O–H groups in total. The number of aryl methyl sites for hydroxylation is 2. The average Bonchev–Trinajstić information content (AvgIpc) is 3.11. The highest BCUT2D eigenvalue weighted by molar-refractivity contribution is 5.92. The number of carbonyl (C=O) groups is 1. The normalized spacial score (nSPS) is 13.4. The highest BCUT2D eigenvalue weighted by Gasteiger charge is 2.29. The molecule has 0 aliphatic carbocycles. The number of rotatable bonds is 5. The van der Waals surface area contributed by atoms with Gasteiger partial charge in [-0.1, -0.05) is 37.2 Å². The zero-order valence-corrected chi connectivity index (χ0v) is 18.3. The van der Waals surface area contributed by atoms with Crippen LogP contribution >= 0.6 is 0 Å². The van der Waals surface area contributed by atoms with Crippen LogP contribution in [0.2, 0.25) is 0 Å². The van der Waals surface area contributed by atoms with Crippen molar-refractivity contribution >= 4 is 17.4 Å². The lowest BCUT2D eigenvalue weighted by Gasteiger charge is -2.26. The number of aromatic amines is 1. The van der Waals surface area contributed by atoms with Gasteiger partial charge in [-0.3, -0.25) is 4.79 Å². The molecule has 162 valence electrons. The topological polar surface area (TPSA) is 104 Å². The molecular weight excluding hydrogens is 394 g/mol. The lowest BCUT2D eigenvalue weighted by atomic mass is 10.1. The van der Waals surface area contributed by atoms with Gasteiger partial charge in [-0.25, -0.2) is 4.79 Å². The number of H-pyrrole nitrogens is 1. The lowest BCUT2D eigenvalue weighted by Crippen LogP contribution is -2.37. The van der Waals surface area contributed by atoms with Gasteiger partial charge < -0.3 is 19.7 Å². The number of nitrogens with zero attached hydrogens (tertiary/aromatic N) is 3. The third-order valence-corrected chi connectivity index (χ3v) is 5.49. The third-order valence-electron chi connectivity index (χ3n) is 5.49. The number of benzene rings is 1. The Morgan fingerprint density at radius 2 is 2.03 bits per heavy atom. The highest BCUT2D eigenvalue weighted by atomic mass is 16.5. The number of para-hydroxylation sites is 1. The van der Waals surface area contributed by atoms with Crippen LogP contribution in [0.3, 0.4) is 0 Å². The Labute approximate surface area is 180 Å². The lowest BCUT2D eigenvalue weighted by molar-refractivity contribution is 0.0722. The summed E-state index contributed by atoms with van der Waals surface area (Å²) in [5.74, 6) is 1.48. The summed E-state index contributed by atoms with van der Waals surface area (Å²) < 4.78 is 5.53. The fraction of sp³-hybridized carbons (Fsp3) is 0.391. The van der Waals surface area contributed by atoms with Gasteiger partial charge in [0.2, 0.25) is 0 Å². The number of nitrogens with one attached hydrogen (secondary N) is 2. The smallest absolute Gasteiger partial charge is 0.345 e. The minimum absolute atomic E-state index is 0.170. The van der Waals surface area contributed by atoms with Crippen LogP contribution in [0, 0.1) is 19.8 Å². The molecule has 1 aliphatic rings. The van der Waals surface area contributed by atoms with Crippen LogP contribution in [0.5, 0.6) is 0 Å². The standard InChI is InChI=1S/C23H27N5O3/c1-13(2)10-16-11-18(25-23(30)24-16)22(29)28-9-8-19-17(12-28)21(27-31-19)26-20-14(3)6-5-7-15(20)4/h5-7,11,13H,8-10,12H2,1-4H3,(H,26,27)(H,24,25,30). The Morgan fingerprint density at radius 1 is 1.29 bits per heavy atom. The molecule has 0 spiro atoms. The van der Waals surface area contributed by atoms with Gasteiger partial charge >= 0.3 is 5.69 Å². The molecule has 0 fully saturated rings. The zero-order valence-electron chi connectivity index (χ0n) is 18.3. The first-order valence-electron chi connectivity index (χ1n) is 10.5. The number of anilines is 2. The quantitative estimate of drug-likeness (QED) is 0.653. The van der Waals surface area contributed by atoms with Crippen molar-refractivity contribution in [3.8, 4) is 0 Å². The van der Waals surface area contributed by atoms with Gasteiger partial charge in [0.25, 0.3) is 5.91 Å². The van der Waals surface area contributed by atoms with Gasteiger partial charge in [0, 0.05) is 24.3 Å². The van der Waals surface area contributed by atoms with E-state index in [1.165, 1.54) is 0 Å². The first-order valence-corrected chi connectivity index (χ1v) is 10.5. The summed E-state index contributed by atoms with van der Waals surface area (Å²) in [5.41, 5.74) is 4.44. The number of aromatic nitrogens is 3. The van der Waals surface area contributed by atoms with Crippen molar-refractivity contribution in [2.24, 2.45) is 5.92 Å². The number of hydrogen-bond donors (Lipinski definition) is 2. The van der Waals surface area contributed by atoms with Crippen LogP contribution in [-0.2, 0) is 19.4 Å². The van der Waals surface area contributed by atoms with Gasteiger partial charge in [0.1, 0.15) is 11.5 Å². The van der Waals surface area contributed by atoms with Gasteiger partial charge in [0.15, 0.2) is 5.82 Å². The van der Waals surface area contributed by atoms with E-state index in [-0.39, 0.29) is 11.6 Å². The van der Waals surface area contributed by atoms with Gasteiger partial charge in [-0.2, -0.15) is 4.98 Å². The number of amides is 1. The summed E-state index contributed by atoms with van der Waals surface area (Å²) in [4.78, 5) is 33.5. The van der Waals surface area contributed by atoms with Gasteiger partial charge in [-0.15, -0.1) is 0 Å². The molecule has 1 aliphatic heterocycles. The molecule has 0 radical (unpaired) electrons. The molecule has 0 saturated carbocycles. The first kappa shape index (κ1) is 20.8. The van der Waals surface area contributed by atoms with Crippen LogP contribution < -0.4 is 11.0 Å². The molecule has 0 atom stereocenters. The number of carbonyl (C=O) groups excluding carboxylic acids is 1. The summed E-state index contributed by atoms with van der Waals surface area (Å²) in [6, 6.07) is 7.76. The molecule has 0 bridgehead atoms. The molecule has 3 heterocycles. The maximum absolute atomic E-state index is 13.1. The second-order valence-electron chi connectivity index (χ2n) is 8.50. The van der Waals surface area contributed by atoms with Crippen molar-refractivity contribution in [3.05, 3.63) is 68.6 Å². The minimum Gasteiger partial charge on any atom is -0.359 e. The van der Waals surface area contributed by atoms with Crippen molar-refractivity contribution in [3.63, 3.8) is 0 Å². The predicted octanol–water partition coefficient (Wildman–Crippen LogP) is 3.52. The van der Waals surface area contributed by atoms with Crippen molar-refractivity contribution in [1.29, 1.82) is 0 Å². The molecule has 4 rings (SSSR count). The highest BCUT2D eigenvalue weighted by Crippen LogP contribution is 2.31. The third kappa shape index (κ3) is 4.38. The molecule has 8 nitrogen and oxygen atoms in total. The molecule has 8 heteroatoms. The first-order chi connectivity index (χ1) is 14.8. The van der Waals surface area contributed by atoms with E-state index in [0.717, 1.165) is 33.8 Å². The van der Waals surface area contributed by atoms with Gasteiger partial charge in [-0.05, 0) is 43.4 Å². The van der Waals surface area contributed by atoms with E-state index in [1.807, 2.05) is 32.0 Å². The zero-order chi connectivity index (χ0) is 22.1. The summed E-state index contributed by atoms with van der Waals surface area (Å²) in [5, 5.41) is 7.58. The predicted molar refractivity (Wildman–Crippen MR) is 118 cm³/mol. The minimum atomic E-state index is -0.499. The van der Waals surface area contributed by atoms with Crippen LogP contribution in [0.1, 0.15) is 52.5 Å². The molecular formula is C23H27N5O3. The summed E-state index contributed by atoms with van der Waals surface area (Å²) in [7, 11) is 0. The Morgan fingerprint density at radius 3 is 2.74 bits per heavy atom. The summed E-state index contributed by atoms with van der Waals surface area (Å²) in [6.07, 6.45) is 1.24. The Balaban J connectivity index is 1.58. The van der Waals surface area contributed by atoms with E-state index in [9.17, 15) is 9.59 Å². The fourth-order valence-corrected chi connectivity index (χ4v) is 3.94. The van der Waals surface area contributed by atoms with E-state index >= 15 is 0 Å². The van der Waals surface area contributed by atoms with Crippen LogP contribution in [0.15, 0.2) is 33.6 Å². The molecule has 1 aromatic carbocycles.